The Kier molecular flexibility index (Phi) is 5.27. The van der Waals surface area contributed by atoms with Crippen molar-refractivity contribution in [1.29, 1.82) is 0 Å². The van der Waals surface area contributed by atoms with Crippen molar-refractivity contribution in [3.63, 3.8) is 0 Å². The molecule has 11 heteroatoms. The highest BCUT2D eigenvalue weighted by Crippen LogP contribution is 2.26. The van der Waals surface area contributed by atoms with E-state index in [2.05, 4.69) is 20.2 Å². The van der Waals surface area contributed by atoms with Crippen LogP contribution in [0.3, 0.4) is 0 Å². The predicted octanol–water partition coefficient (Wildman–Crippen LogP) is 2.54. The molecule has 0 radical (unpaired) electrons. The Morgan fingerprint density at radius 3 is 2.64 bits per heavy atom. The van der Waals surface area contributed by atoms with Crippen molar-refractivity contribution in [2.45, 2.75) is 4.34 Å². The molecule has 2 N–H and O–H groups in total. The quantitative estimate of drug-likeness (QED) is 0.612. The summed E-state index contributed by atoms with van der Waals surface area (Å²) < 4.78 is 25.3. The number of hydrogen-bond acceptors (Lipinski definition) is 7. The Labute approximate surface area is 140 Å². The van der Waals surface area contributed by atoms with Gasteiger partial charge in [0.2, 0.25) is 15.2 Å². The van der Waals surface area contributed by atoms with E-state index >= 15 is 0 Å². The van der Waals surface area contributed by atoms with E-state index in [4.69, 9.17) is 11.6 Å². The van der Waals surface area contributed by atoms with Gasteiger partial charge in [-0.2, -0.15) is 0 Å². The van der Waals surface area contributed by atoms with Gasteiger partial charge in [0.1, 0.15) is 0 Å². The van der Waals surface area contributed by atoms with Crippen LogP contribution in [-0.4, -0.2) is 37.0 Å². The second-order valence-electron chi connectivity index (χ2n) is 4.10. The monoisotopic (exact) mass is 378 g/mol. The average molecular weight is 379 g/mol. The minimum atomic E-state index is -3.40. The lowest BCUT2D eigenvalue weighted by molar-refractivity contribution is 0.102. The van der Waals surface area contributed by atoms with Gasteiger partial charge in [-0.1, -0.05) is 34.7 Å². The third-order valence-corrected chi connectivity index (χ3v) is 5.05. The number of nitrogens with one attached hydrogen (secondary N) is 2. The van der Waals surface area contributed by atoms with Gasteiger partial charge < -0.3 is 0 Å². The molecule has 2 aromatic rings. The maximum atomic E-state index is 12.1. The number of aromatic nitrogens is 2. The molecular weight excluding hydrogens is 368 g/mol. The smallest absolute Gasteiger partial charge is 0.259 e. The van der Waals surface area contributed by atoms with Crippen LogP contribution in [0, 0.1) is 0 Å². The molecule has 0 saturated heterocycles. The van der Waals surface area contributed by atoms with Crippen molar-refractivity contribution >= 4 is 61.4 Å². The lowest BCUT2D eigenvalue weighted by atomic mass is 10.2. The first-order chi connectivity index (χ1) is 10.3. The summed E-state index contributed by atoms with van der Waals surface area (Å²) in [5, 5.41) is 10.8. The van der Waals surface area contributed by atoms with Crippen molar-refractivity contribution in [2.24, 2.45) is 0 Å². The molecule has 1 aromatic heterocycles. The normalized spacial score (nSPS) is 11.2. The topological polar surface area (TPSA) is 101 Å². The summed E-state index contributed by atoms with van der Waals surface area (Å²) in [6.45, 7) is 0. The van der Waals surface area contributed by atoms with Crippen LogP contribution in [0.25, 0.3) is 0 Å². The molecule has 2 rings (SSSR count). The second-order valence-corrected chi connectivity index (χ2v) is 8.29. The first-order valence-corrected chi connectivity index (χ1v) is 10.1. The zero-order valence-corrected chi connectivity index (χ0v) is 14.7. The molecule has 0 saturated carbocycles. The van der Waals surface area contributed by atoms with E-state index in [1.54, 1.807) is 0 Å². The van der Waals surface area contributed by atoms with E-state index in [9.17, 15) is 13.2 Å². The second kappa shape index (κ2) is 6.82. The first-order valence-electron chi connectivity index (χ1n) is 5.74. The van der Waals surface area contributed by atoms with Crippen LogP contribution in [0.4, 0.5) is 10.8 Å². The maximum Gasteiger partial charge on any atom is 0.259 e. The highest BCUT2D eigenvalue weighted by molar-refractivity contribution is 8.00. The molecule has 0 spiro atoms. The van der Waals surface area contributed by atoms with Crippen molar-refractivity contribution in [3.8, 4) is 0 Å². The summed E-state index contributed by atoms with van der Waals surface area (Å²) in [5.74, 6) is -0.445. The Hall–Kier alpha value is -1.36. The van der Waals surface area contributed by atoms with E-state index in [1.165, 1.54) is 41.3 Å². The molecule has 0 atom stereocenters. The van der Waals surface area contributed by atoms with E-state index in [-0.39, 0.29) is 16.3 Å². The summed E-state index contributed by atoms with van der Waals surface area (Å²) in [6, 6.07) is 4.25. The Balaban J connectivity index is 2.16. The number of carbonyl (C=O) groups excluding carboxylic acids is 1. The third kappa shape index (κ3) is 4.57. The molecule has 0 aliphatic heterocycles. The fourth-order valence-corrected chi connectivity index (χ4v) is 3.47. The Bertz CT molecular complexity index is 807. The number of nitrogens with zero attached hydrogens (tertiary/aromatic N) is 2. The lowest BCUT2D eigenvalue weighted by Crippen LogP contribution is -2.13. The number of rotatable bonds is 5. The Morgan fingerprint density at radius 1 is 1.36 bits per heavy atom. The molecule has 7 nitrogen and oxygen atoms in total. The zero-order valence-electron chi connectivity index (χ0n) is 11.5. The molecule has 0 aliphatic carbocycles. The summed E-state index contributed by atoms with van der Waals surface area (Å²) in [6.07, 6.45) is 2.89. The summed E-state index contributed by atoms with van der Waals surface area (Å²) in [7, 11) is -3.40. The van der Waals surface area contributed by atoms with Gasteiger partial charge in [-0.05, 0) is 24.5 Å². The Morgan fingerprint density at radius 2 is 2.09 bits per heavy atom. The molecular formula is C11H11ClN4O3S3. The highest BCUT2D eigenvalue weighted by atomic mass is 35.5. The van der Waals surface area contributed by atoms with Gasteiger partial charge in [-0.3, -0.25) is 14.8 Å². The molecule has 0 bridgehead atoms. The van der Waals surface area contributed by atoms with Crippen LogP contribution in [0.5, 0.6) is 0 Å². The number of carbonyl (C=O) groups is 1. The molecule has 0 aliphatic rings. The number of benzene rings is 1. The van der Waals surface area contributed by atoms with Gasteiger partial charge in [0, 0.05) is 5.69 Å². The van der Waals surface area contributed by atoms with E-state index in [0.29, 0.717) is 5.13 Å². The minimum absolute atomic E-state index is 0.126. The van der Waals surface area contributed by atoms with Gasteiger partial charge in [-0.15, -0.1) is 10.2 Å². The van der Waals surface area contributed by atoms with Gasteiger partial charge >= 0.3 is 0 Å². The summed E-state index contributed by atoms with van der Waals surface area (Å²) >= 11 is 8.69. The molecule has 1 heterocycles. The molecule has 22 heavy (non-hydrogen) atoms. The number of sulfonamides is 1. The number of halogens is 1. The first kappa shape index (κ1) is 17.0. The summed E-state index contributed by atoms with van der Waals surface area (Å²) in [4.78, 5) is 12.1. The van der Waals surface area contributed by atoms with Crippen molar-refractivity contribution in [1.82, 2.24) is 10.2 Å². The predicted molar refractivity (Wildman–Crippen MR) is 89.6 cm³/mol. The average Bonchev–Trinajstić information content (AvgIpc) is 2.84. The van der Waals surface area contributed by atoms with Gasteiger partial charge in [0.25, 0.3) is 5.91 Å². The fourth-order valence-electron chi connectivity index (χ4n) is 1.48. The minimum Gasteiger partial charge on any atom is -0.296 e. The molecule has 0 fully saturated rings. The van der Waals surface area contributed by atoms with E-state index < -0.39 is 15.9 Å². The largest absolute Gasteiger partial charge is 0.296 e. The van der Waals surface area contributed by atoms with E-state index in [1.807, 2.05) is 6.26 Å². The lowest BCUT2D eigenvalue weighted by Gasteiger charge is -2.07. The van der Waals surface area contributed by atoms with Crippen LogP contribution < -0.4 is 10.0 Å². The van der Waals surface area contributed by atoms with Crippen LogP contribution in [0.2, 0.25) is 5.02 Å². The van der Waals surface area contributed by atoms with Gasteiger partial charge in [-0.25, -0.2) is 8.42 Å². The molecule has 0 unspecified atom stereocenters. The summed E-state index contributed by atoms with van der Waals surface area (Å²) in [5.41, 5.74) is 0.492. The van der Waals surface area contributed by atoms with Crippen molar-refractivity contribution in [3.05, 3.63) is 28.8 Å². The standard InChI is InChI=1S/C11H11ClN4O3S3/c1-20-11-15-14-10(21-11)13-9(17)7-4-3-6(5-8(7)12)16-22(2,18)19/h3-5,16H,1-2H3,(H,13,14,17). The number of thioether (sulfide) groups is 1. The van der Waals surface area contributed by atoms with Gasteiger partial charge in [0.15, 0.2) is 4.34 Å². The molecule has 1 aromatic carbocycles. The SMILES string of the molecule is CSc1nnc(NC(=O)c2ccc(NS(C)(=O)=O)cc2Cl)s1. The number of hydrogen-bond donors (Lipinski definition) is 2. The zero-order chi connectivity index (χ0) is 16.3. The fraction of sp³-hybridized carbons (Fsp3) is 0.182. The highest BCUT2D eigenvalue weighted by Gasteiger charge is 2.14. The third-order valence-electron chi connectivity index (χ3n) is 2.32. The molecule has 1 amide bonds. The maximum absolute atomic E-state index is 12.1. The number of amides is 1. The van der Waals surface area contributed by atoms with Gasteiger partial charge in [0.05, 0.1) is 16.8 Å². The van der Waals surface area contributed by atoms with Crippen LogP contribution in [0.15, 0.2) is 22.5 Å². The van der Waals surface area contributed by atoms with Crippen LogP contribution in [-0.2, 0) is 10.0 Å². The van der Waals surface area contributed by atoms with Crippen LogP contribution >= 0.6 is 34.7 Å². The van der Waals surface area contributed by atoms with Crippen LogP contribution in [0.1, 0.15) is 10.4 Å². The van der Waals surface area contributed by atoms with Crippen molar-refractivity contribution < 1.29 is 13.2 Å². The van der Waals surface area contributed by atoms with E-state index in [0.717, 1.165) is 10.6 Å². The number of anilines is 2. The van der Waals surface area contributed by atoms with Crippen molar-refractivity contribution in [2.75, 3.05) is 22.6 Å². The molecule has 118 valence electrons.